The lowest BCUT2D eigenvalue weighted by atomic mass is 10.1. The van der Waals surface area contributed by atoms with Gasteiger partial charge in [-0.2, -0.15) is 11.8 Å². The van der Waals surface area contributed by atoms with Crippen LogP contribution in [0, 0.1) is 6.92 Å². The van der Waals surface area contributed by atoms with Crippen LogP contribution in [0.3, 0.4) is 0 Å². The van der Waals surface area contributed by atoms with Crippen molar-refractivity contribution in [2.75, 3.05) is 26.0 Å². The molecule has 3 rings (SSSR count). The predicted molar refractivity (Wildman–Crippen MR) is 105 cm³/mol. The van der Waals surface area contributed by atoms with Gasteiger partial charge in [0.2, 0.25) is 0 Å². The Morgan fingerprint density at radius 1 is 1.38 bits per heavy atom. The number of thioether (sulfide) groups is 1. The van der Waals surface area contributed by atoms with Gasteiger partial charge in [-0.1, -0.05) is 6.92 Å². The Balaban J connectivity index is 1.83. The van der Waals surface area contributed by atoms with Crippen molar-refractivity contribution in [3.05, 3.63) is 34.7 Å². The molecule has 2 aromatic rings. The van der Waals surface area contributed by atoms with Crippen molar-refractivity contribution in [2.24, 2.45) is 0 Å². The number of phenols is 1. The topological polar surface area (TPSA) is 32.7 Å². The van der Waals surface area contributed by atoms with E-state index in [9.17, 15) is 5.11 Å². The molecule has 0 radical (unpaired) electrons. The van der Waals surface area contributed by atoms with E-state index in [2.05, 4.69) is 43.2 Å². The standard InChI is InChI=1S/C19H25NO2S2/c1-13(23-3)6-7-20-8-9-22-19-16(12-20)10-15(11-17(19)21)18-5-4-14(2)24-18/h4-5,10-11,13,21H,6-9,12H2,1-3H3/t13-/m0/s1. The Labute approximate surface area is 152 Å². The molecule has 1 aliphatic heterocycles. The van der Waals surface area contributed by atoms with Crippen molar-refractivity contribution in [3.8, 4) is 21.9 Å². The number of fused-ring (bicyclic) bond motifs is 1. The molecule has 1 atom stereocenters. The lowest BCUT2D eigenvalue weighted by molar-refractivity contribution is 0.221. The Kier molecular flexibility index (Phi) is 5.74. The molecule has 1 aromatic carbocycles. The Morgan fingerprint density at radius 2 is 2.21 bits per heavy atom. The van der Waals surface area contributed by atoms with Crippen LogP contribution in [0.15, 0.2) is 24.3 Å². The number of phenolic OH excluding ortho intramolecular Hbond substituents is 1. The number of thiophene rings is 1. The molecule has 0 fully saturated rings. The first-order valence-corrected chi connectivity index (χ1v) is 10.5. The molecular weight excluding hydrogens is 338 g/mol. The van der Waals surface area contributed by atoms with E-state index in [4.69, 9.17) is 4.74 Å². The molecule has 0 saturated heterocycles. The van der Waals surface area contributed by atoms with E-state index < -0.39 is 0 Å². The normalized spacial score (nSPS) is 16.3. The summed E-state index contributed by atoms with van der Waals surface area (Å²) in [6.45, 7) is 7.82. The highest BCUT2D eigenvalue weighted by Gasteiger charge is 2.20. The molecule has 0 bridgehead atoms. The van der Waals surface area contributed by atoms with E-state index in [0.717, 1.165) is 30.8 Å². The summed E-state index contributed by atoms with van der Waals surface area (Å²) in [4.78, 5) is 4.90. The van der Waals surface area contributed by atoms with Crippen molar-refractivity contribution in [1.82, 2.24) is 4.90 Å². The Bertz CT molecular complexity index is 699. The van der Waals surface area contributed by atoms with E-state index in [-0.39, 0.29) is 5.75 Å². The average Bonchev–Trinajstić information content (AvgIpc) is 2.89. The average molecular weight is 364 g/mol. The van der Waals surface area contributed by atoms with Crippen LogP contribution in [0.2, 0.25) is 0 Å². The first kappa shape index (κ1) is 17.6. The summed E-state index contributed by atoms with van der Waals surface area (Å²) in [7, 11) is 0. The molecule has 24 heavy (non-hydrogen) atoms. The van der Waals surface area contributed by atoms with E-state index in [1.807, 2.05) is 17.8 Å². The van der Waals surface area contributed by atoms with Crippen LogP contribution in [-0.2, 0) is 6.54 Å². The van der Waals surface area contributed by atoms with Crippen LogP contribution in [0.25, 0.3) is 10.4 Å². The summed E-state index contributed by atoms with van der Waals surface area (Å²) in [6, 6.07) is 8.25. The van der Waals surface area contributed by atoms with Gasteiger partial charge in [-0.15, -0.1) is 11.3 Å². The number of ether oxygens (including phenoxy) is 1. The van der Waals surface area contributed by atoms with E-state index in [0.29, 0.717) is 17.6 Å². The molecule has 2 heterocycles. The summed E-state index contributed by atoms with van der Waals surface area (Å²) in [5.41, 5.74) is 2.16. The van der Waals surface area contributed by atoms with E-state index in [1.54, 1.807) is 11.3 Å². The van der Waals surface area contributed by atoms with Gasteiger partial charge < -0.3 is 9.84 Å². The van der Waals surface area contributed by atoms with Gasteiger partial charge in [0, 0.05) is 33.7 Å². The third-order valence-electron chi connectivity index (χ3n) is 4.47. The fraction of sp³-hybridized carbons (Fsp3) is 0.474. The fourth-order valence-corrected chi connectivity index (χ4v) is 4.15. The maximum atomic E-state index is 10.4. The van der Waals surface area contributed by atoms with Crippen molar-refractivity contribution < 1.29 is 9.84 Å². The minimum absolute atomic E-state index is 0.257. The zero-order valence-corrected chi connectivity index (χ0v) is 16.2. The number of benzene rings is 1. The monoisotopic (exact) mass is 363 g/mol. The number of nitrogens with zero attached hydrogens (tertiary/aromatic N) is 1. The molecule has 1 aliphatic rings. The van der Waals surface area contributed by atoms with Crippen LogP contribution < -0.4 is 4.74 Å². The van der Waals surface area contributed by atoms with Gasteiger partial charge in [0.05, 0.1) is 0 Å². The van der Waals surface area contributed by atoms with Gasteiger partial charge >= 0.3 is 0 Å². The molecule has 0 saturated carbocycles. The molecule has 5 heteroatoms. The molecule has 0 unspecified atom stereocenters. The Hall–Kier alpha value is -1.17. The summed E-state index contributed by atoms with van der Waals surface area (Å²) < 4.78 is 5.85. The third kappa shape index (κ3) is 4.08. The van der Waals surface area contributed by atoms with Crippen molar-refractivity contribution in [1.29, 1.82) is 0 Å². The molecule has 0 aliphatic carbocycles. The number of aryl methyl sites for hydroxylation is 1. The largest absolute Gasteiger partial charge is 0.504 e. The summed E-state index contributed by atoms with van der Waals surface area (Å²) in [5, 5.41) is 11.1. The second-order valence-corrected chi connectivity index (χ2v) is 8.92. The first-order valence-electron chi connectivity index (χ1n) is 8.37. The van der Waals surface area contributed by atoms with Crippen LogP contribution in [0.1, 0.15) is 23.8 Å². The quantitative estimate of drug-likeness (QED) is 0.830. The zero-order chi connectivity index (χ0) is 17.1. The van der Waals surface area contributed by atoms with Gasteiger partial charge in [0.1, 0.15) is 6.61 Å². The van der Waals surface area contributed by atoms with Gasteiger partial charge in [0.25, 0.3) is 0 Å². The minimum Gasteiger partial charge on any atom is -0.504 e. The van der Waals surface area contributed by atoms with Gasteiger partial charge in [-0.3, -0.25) is 4.90 Å². The summed E-state index contributed by atoms with van der Waals surface area (Å²) in [6.07, 6.45) is 3.34. The second kappa shape index (κ2) is 7.81. The van der Waals surface area contributed by atoms with E-state index in [1.165, 1.54) is 16.2 Å². The predicted octanol–water partition coefficient (Wildman–Crippen LogP) is 4.77. The van der Waals surface area contributed by atoms with Crippen LogP contribution >= 0.6 is 23.1 Å². The molecule has 130 valence electrons. The molecule has 1 N–H and O–H groups in total. The number of rotatable bonds is 5. The third-order valence-corrected chi connectivity index (χ3v) is 6.56. The highest BCUT2D eigenvalue weighted by molar-refractivity contribution is 7.99. The summed E-state index contributed by atoms with van der Waals surface area (Å²) in [5.74, 6) is 0.917. The Morgan fingerprint density at radius 3 is 2.92 bits per heavy atom. The molecule has 0 spiro atoms. The molecule has 0 amide bonds. The highest BCUT2D eigenvalue weighted by atomic mass is 32.2. The van der Waals surface area contributed by atoms with Crippen molar-refractivity contribution in [2.45, 2.75) is 32.1 Å². The van der Waals surface area contributed by atoms with Crippen LogP contribution in [0.5, 0.6) is 11.5 Å². The molecular formula is C19H25NO2S2. The molecule has 1 aromatic heterocycles. The van der Waals surface area contributed by atoms with Crippen LogP contribution in [0.4, 0.5) is 0 Å². The van der Waals surface area contributed by atoms with Crippen LogP contribution in [-0.4, -0.2) is 41.2 Å². The van der Waals surface area contributed by atoms with Gasteiger partial charge in [0.15, 0.2) is 11.5 Å². The number of hydrogen-bond acceptors (Lipinski definition) is 5. The first-order chi connectivity index (χ1) is 11.6. The maximum Gasteiger partial charge on any atom is 0.165 e. The fourth-order valence-electron chi connectivity index (χ4n) is 2.96. The van der Waals surface area contributed by atoms with Gasteiger partial charge in [-0.25, -0.2) is 0 Å². The number of hydrogen-bond donors (Lipinski definition) is 1. The lowest BCUT2D eigenvalue weighted by Gasteiger charge is -2.21. The zero-order valence-electron chi connectivity index (χ0n) is 14.5. The minimum atomic E-state index is 0.257. The maximum absolute atomic E-state index is 10.4. The summed E-state index contributed by atoms with van der Waals surface area (Å²) >= 11 is 3.67. The number of aromatic hydroxyl groups is 1. The SMILES string of the molecule is CS[C@@H](C)CCN1CCOc2c(O)cc(-c3ccc(C)s3)cc2C1. The molecule has 3 nitrogen and oxygen atoms in total. The van der Waals surface area contributed by atoms with Crippen molar-refractivity contribution in [3.63, 3.8) is 0 Å². The smallest absolute Gasteiger partial charge is 0.165 e. The second-order valence-electron chi connectivity index (χ2n) is 6.35. The van der Waals surface area contributed by atoms with E-state index >= 15 is 0 Å². The van der Waals surface area contributed by atoms with Gasteiger partial charge in [-0.05, 0) is 56.0 Å². The highest BCUT2D eigenvalue weighted by Crippen LogP contribution is 2.39. The van der Waals surface area contributed by atoms with Crippen molar-refractivity contribution >= 4 is 23.1 Å². The lowest BCUT2D eigenvalue weighted by Crippen LogP contribution is -2.28.